The average molecular weight is 366 g/mol. The number of rotatable bonds is 2. The fourth-order valence-electron chi connectivity index (χ4n) is 3.38. The second-order valence-electron chi connectivity index (χ2n) is 7.78. The highest BCUT2D eigenvalue weighted by Crippen LogP contribution is 2.32. The number of carbonyl (C=O) groups is 1. The Kier molecular flexibility index (Phi) is 5.32. The van der Waals surface area contributed by atoms with Gasteiger partial charge < -0.3 is 19.4 Å². The third kappa shape index (κ3) is 4.51. The smallest absolute Gasteiger partial charge is 0.410 e. The lowest BCUT2D eigenvalue weighted by Crippen LogP contribution is -2.50. The van der Waals surface area contributed by atoms with E-state index in [-0.39, 0.29) is 6.09 Å². The second kappa shape index (κ2) is 7.32. The summed E-state index contributed by atoms with van der Waals surface area (Å²) in [7, 11) is 0. The monoisotopic (exact) mass is 365 g/mol. The lowest BCUT2D eigenvalue weighted by Gasteiger charge is -2.37. The van der Waals surface area contributed by atoms with Crippen molar-refractivity contribution in [2.75, 3.05) is 49.1 Å². The average Bonchev–Trinajstić information content (AvgIpc) is 3.08. The maximum atomic E-state index is 12.2. The molecule has 2 aliphatic rings. The number of hydrogen-bond acceptors (Lipinski definition) is 4. The molecule has 2 saturated heterocycles. The summed E-state index contributed by atoms with van der Waals surface area (Å²) in [6.07, 6.45) is 2.28. The first kappa shape index (κ1) is 18.2. The molecule has 0 aromatic heterocycles. The molecule has 0 bridgehead atoms. The van der Waals surface area contributed by atoms with E-state index in [9.17, 15) is 4.79 Å². The van der Waals surface area contributed by atoms with E-state index in [1.54, 1.807) is 4.90 Å². The van der Waals surface area contributed by atoms with Crippen molar-refractivity contribution >= 4 is 29.1 Å². The molecule has 1 amide bonds. The van der Waals surface area contributed by atoms with Crippen LogP contribution >= 0.6 is 11.6 Å². The maximum Gasteiger partial charge on any atom is 0.410 e. The molecular formula is C19H28ClN3O2. The van der Waals surface area contributed by atoms with Gasteiger partial charge in [0, 0.05) is 45.0 Å². The molecule has 2 heterocycles. The van der Waals surface area contributed by atoms with Crippen molar-refractivity contribution in [3.05, 3.63) is 23.2 Å². The van der Waals surface area contributed by atoms with Gasteiger partial charge in [-0.05, 0) is 51.8 Å². The minimum Gasteiger partial charge on any atom is -0.444 e. The van der Waals surface area contributed by atoms with Crippen molar-refractivity contribution in [1.82, 2.24) is 4.90 Å². The molecule has 2 fully saturated rings. The molecule has 6 heteroatoms. The van der Waals surface area contributed by atoms with Gasteiger partial charge >= 0.3 is 6.09 Å². The summed E-state index contributed by atoms with van der Waals surface area (Å²) in [6.45, 7) is 10.7. The van der Waals surface area contributed by atoms with E-state index in [4.69, 9.17) is 16.3 Å². The quantitative estimate of drug-likeness (QED) is 0.793. The molecule has 0 N–H and O–H groups in total. The van der Waals surface area contributed by atoms with Gasteiger partial charge in [-0.15, -0.1) is 0 Å². The van der Waals surface area contributed by atoms with E-state index in [0.29, 0.717) is 13.1 Å². The minimum absolute atomic E-state index is 0.234. The normalized spacial score (nSPS) is 18.6. The molecule has 5 nitrogen and oxygen atoms in total. The summed E-state index contributed by atoms with van der Waals surface area (Å²) in [5.74, 6) is 0. The number of benzene rings is 1. The predicted molar refractivity (Wildman–Crippen MR) is 103 cm³/mol. The summed E-state index contributed by atoms with van der Waals surface area (Å²) < 4.78 is 5.45. The van der Waals surface area contributed by atoms with Crippen molar-refractivity contribution < 1.29 is 9.53 Å². The van der Waals surface area contributed by atoms with Gasteiger partial charge in [0.1, 0.15) is 5.60 Å². The summed E-state index contributed by atoms with van der Waals surface area (Å²) in [6, 6.07) is 6.34. The van der Waals surface area contributed by atoms with Crippen molar-refractivity contribution in [2.24, 2.45) is 0 Å². The van der Waals surface area contributed by atoms with Crippen LogP contribution in [0.15, 0.2) is 18.2 Å². The Morgan fingerprint density at radius 3 is 2.20 bits per heavy atom. The van der Waals surface area contributed by atoms with E-state index < -0.39 is 5.60 Å². The minimum atomic E-state index is -0.455. The standard InChI is InChI=1S/C19H28ClN3O2/c1-19(2,3)25-18(24)23-12-10-22(11-13-23)17-7-6-15(14-16(17)20)21-8-4-5-9-21/h6-7,14H,4-5,8-13H2,1-3H3. The highest BCUT2D eigenvalue weighted by molar-refractivity contribution is 6.33. The maximum absolute atomic E-state index is 12.2. The third-order valence-corrected chi connectivity index (χ3v) is 4.98. The van der Waals surface area contributed by atoms with Crippen LogP contribution in [0.5, 0.6) is 0 Å². The zero-order valence-corrected chi connectivity index (χ0v) is 16.2. The molecular weight excluding hydrogens is 338 g/mol. The van der Waals surface area contributed by atoms with Crippen LogP contribution in [0, 0.1) is 0 Å². The zero-order chi connectivity index (χ0) is 18.0. The van der Waals surface area contributed by atoms with Gasteiger partial charge in [0.05, 0.1) is 10.7 Å². The van der Waals surface area contributed by atoms with Gasteiger partial charge in [-0.1, -0.05) is 11.6 Å². The fraction of sp³-hybridized carbons (Fsp3) is 0.632. The van der Waals surface area contributed by atoms with E-state index in [0.717, 1.165) is 36.9 Å². The van der Waals surface area contributed by atoms with E-state index in [1.165, 1.54) is 18.5 Å². The van der Waals surface area contributed by atoms with Gasteiger partial charge in [0.25, 0.3) is 0 Å². The first-order valence-corrected chi connectivity index (χ1v) is 9.49. The van der Waals surface area contributed by atoms with Gasteiger partial charge in [0.15, 0.2) is 0 Å². The number of piperazine rings is 1. The van der Waals surface area contributed by atoms with Crippen LogP contribution in [-0.4, -0.2) is 55.9 Å². The molecule has 1 aromatic rings. The fourth-order valence-corrected chi connectivity index (χ4v) is 3.68. The van der Waals surface area contributed by atoms with Crippen molar-refractivity contribution in [1.29, 1.82) is 0 Å². The molecule has 0 aliphatic carbocycles. The summed E-state index contributed by atoms with van der Waals surface area (Å²) in [4.78, 5) is 18.6. The molecule has 0 atom stereocenters. The predicted octanol–water partition coefficient (Wildman–Crippen LogP) is 4.00. The largest absolute Gasteiger partial charge is 0.444 e. The van der Waals surface area contributed by atoms with Crippen LogP contribution in [0.25, 0.3) is 0 Å². The number of hydrogen-bond donors (Lipinski definition) is 0. The van der Waals surface area contributed by atoms with Crippen LogP contribution in [0.1, 0.15) is 33.6 Å². The Labute approximate surface area is 155 Å². The summed E-state index contributed by atoms with van der Waals surface area (Å²) in [5, 5.41) is 0.787. The summed E-state index contributed by atoms with van der Waals surface area (Å²) >= 11 is 6.55. The molecule has 0 unspecified atom stereocenters. The molecule has 138 valence electrons. The summed E-state index contributed by atoms with van der Waals surface area (Å²) in [5.41, 5.74) is 1.80. The van der Waals surface area contributed by atoms with Crippen molar-refractivity contribution in [3.63, 3.8) is 0 Å². The van der Waals surface area contributed by atoms with E-state index >= 15 is 0 Å². The second-order valence-corrected chi connectivity index (χ2v) is 8.19. The Hall–Kier alpha value is -1.62. The molecule has 0 saturated carbocycles. The number of nitrogens with zero attached hydrogens (tertiary/aromatic N) is 3. The Morgan fingerprint density at radius 2 is 1.64 bits per heavy atom. The van der Waals surface area contributed by atoms with Gasteiger partial charge in [-0.25, -0.2) is 4.79 Å². The lowest BCUT2D eigenvalue weighted by molar-refractivity contribution is 0.0240. The van der Waals surface area contributed by atoms with E-state index in [1.807, 2.05) is 20.8 Å². The van der Waals surface area contributed by atoms with Gasteiger partial charge in [-0.2, -0.15) is 0 Å². The number of halogens is 1. The first-order chi connectivity index (χ1) is 11.8. The number of ether oxygens (including phenoxy) is 1. The first-order valence-electron chi connectivity index (χ1n) is 9.11. The van der Waals surface area contributed by atoms with Crippen LogP contribution < -0.4 is 9.80 Å². The molecule has 25 heavy (non-hydrogen) atoms. The SMILES string of the molecule is CC(C)(C)OC(=O)N1CCN(c2ccc(N3CCCC3)cc2Cl)CC1. The molecule has 2 aliphatic heterocycles. The van der Waals surface area contributed by atoms with Crippen molar-refractivity contribution in [2.45, 2.75) is 39.2 Å². The van der Waals surface area contributed by atoms with Crippen LogP contribution in [0.2, 0.25) is 5.02 Å². The highest BCUT2D eigenvalue weighted by Gasteiger charge is 2.26. The number of amides is 1. The van der Waals surface area contributed by atoms with Crippen LogP contribution in [-0.2, 0) is 4.74 Å². The molecule has 3 rings (SSSR count). The molecule has 0 radical (unpaired) electrons. The van der Waals surface area contributed by atoms with Crippen LogP contribution in [0.4, 0.5) is 16.2 Å². The van der Waals surface area contributed by atoms with Crippen LogP contribution in [0.3, 0.4) is 0 Å². The Bertz CT molecular complexity index is 616. The van der Waals surface area contributed by atoms with Gasteiger partial charge in [-0.3, -0.25) is 0 Å². The lowest BCUT2D eigenvalue weighted by atomic mass is 10.2. The Morgan fingerprint density at radius 1 is 1.00 bits per heavy atom. The number of anilines is 2. The topological polar surface area (TPSA) is 36.0 Å². The van der Waals surface area contributed by atoms with Crippen molar-refractivity contribution in [3.8, 4) is 0 Å². The Balaban J connectivity index is 1.60. The van der Waals surface area contributed by atoms with Gasteiger partial charge in [0.2, 0.25) is 0 Å². The molecule has 1 aromatic carbocycles. The highest BCUT2D eigenvalue weighted by atomic mass is 35.5. The third-order valence-electron chi connectivity index (χ3n) is 4.67. The van der Waals surface area contributed by atoms with E-state index in [2.05, 4.69) is 28.0 Å². The number of carbonyl (C=O) groups excluding carboxylic acids is 1. The zero-order valence-electron chi connectivity index (χ0n) is 15.4. The molecule has 0 spiro atoms.